The summed E-state index contributed by atoms with van der Waals surface area (Å²) in [4.78, 5) is 14.9. The van der Waals surface area contributed by atoms with Crippen LogP contribution in [0.5, 0.6) is 0 Å². The molecule has 4 nitrogen and oxygen atoms in total. The molecule has 0 heterocycles. The summed E-state index contributed by atoms with van der Waals surface area (Å²) < 4.78 is 0. The summed E-state index contributed by atoms with van der Waals surface area (Å²) in [6.45, 7) is 5.59. The number of allylic oxidation sites excluding steroid dienone is 1. The maximum absolute atomic E-state index is 11.9. The van der Waals surface area contributed by atoms with Crippen molar-refractivity contribution in [2.45, 2.75) is 65.2 Å². The highest BCUT2D eigenvalue weighted by atomic mass is 16.1. The van der Waals surface area contributed by atoms with Crippen molar-refractivity contribution < 1.29 is 4.79 Å². The lowest BCUT2D eigenvalue weighted by Crippen LogP contribution is -2.50. The Kier molecular flexibility index (Phi) is 3.80. The maximum atomic E-state index is 11.9. The molecule has 24 heavy (non-hydrogen) atoms. The third-order valence-corrected chi connectivity index (χ3v) is 8.52. The van der Waals surface area contributed by atoms with Gasteiger partial charge in [0.15, 0.2) is 5.78 Å². The predicted octanol–water partition coefficient (Wildman–Crippen LogP) is 5.44. The summed E-state index contributed by atoms with van der Waals surface area (Å²) in [6, 6.07) is 0. The van der Waals surface area contributed by atoms with E-state index in [2.05, 4.69) is 23.9 Å². The fourth-order valence-corrected chi connectivity index (χ4v) is 7.10. The quantitative estimate of drug-likeness (QED) is 0.378. The number of azide groups is 1. The SMILES string of the molecule is C[C@]12CC[C@H]3[C@@H](CCC4=CC(=O)CC[C@@]43C)[C@@H]1CC[C@@H]2CN=[N+]=[N-]. The lowest BCUT2D eigenvalue weighted by atomic mass is 9.47. The molecule has 0 radical (unpaired) electrons. The Labute approximate surface area is 144 Å². The zero-order valence-corrected chi connectivity index (χ0v) is 15.0. The van der Waals surface area contributed by atoms with Gasteiger partial charge in [0, 0.05) is 17.9 Å². The highest BCUT2D eigenvalue weighted by molar-refractivity contribution is 5.91. The number of hydrogen-bond acceptors (Lipinski definition) is 2. The molecular weight excluding hydrogens is 298 g/mol. The summed E-state index contributed by atoms with van der Waals surface area (Å²) in [6.07, 6.45) is 11.2. The molecule has 0 amide bonds. The molecular formula is C20H29N3O. The van der Waals surface area contributed by atoms with E-state index in [1.165, 1.54) is 37.7 Å². The third-order valence-electron chi connectivity index (χ3n) is 8.52. The Morgan fingerprint density at radius 3 is 2.79 bits per heavy atom. The summed E-state index contributed by atoms with van der Waals surface area (Å²) in [5.74, 6) is 3.25. The van der Waals surface area contributed by atoms with E-state index < -0.39 is 0 Å². The number of carbonyl (C=O) groups is 1. The molecule has 130 valence electrons. The van der Waals surface area contributed by atoms with Crippen molar-refractivity contribution >= 4 is 5.78 Å². The molecule has 0 bridgehead atoms. The predicted molar refractivity (Wildman–Crippen MR) is 94.2 cm³/mol. The van der Waals surface area contributed by atoms with Crippen molar-refractivity contribution in [3.05, 3.63) is 22.1 Å². The number of fused-ring (bicyclic) bond motifs is 5. The van der Waals surface area contributed by atoms with Gasteiger partial charge in [-0.15, -0.1) is 0 Å². The van der Waals surface area contributed by atoms with Gasteiger partial charge in [-0.1, -0.05) is 24.5 Å². The Bertz CT molecular complexity index is 635. The van der Waals surface area contributed by atoms with E-state index in [4.69, 9.17) is 5.53 Å². The minimum Gasteiger partial charge on any atom is -0.295 e. The van der Waals surface area contributed by atoms with Gasteiger partial charge in [0.05, 0.1) is 0 Å². The van der Waals surface area contributed by atoms with Gasteiger partial charge in [-0.2, -0.15) is 0 Å². The molecule has 0 aromatic heterocycles. The Morgan fingerprint density at radius 2 is 2.00 bits per heavy atom. The van der Waals surface area contributed by atoms with Gasteiger partial charge in [0.2, 0.25) is 0 Å². The average Bonchev–Trinajstić information content (AvgIpc) is 2.90. The van der Waals surface area contributed by atoms with Crippen LogP contribution in [0.15, 0.2) is 16.8 Å². The second-order valence-corrected chi connectivity index (χ2v) is 9.20. The van der Waals surface area contributed by atoms with Crippen LogP contribution >= 0.6 is 0 Å². The standard InChI is InChI=1S/C20H29N3O/c1-19-9-7-15(24)11-13(19)3-5-16-17-6-4-14(12-22-23-21)20(17,2)10-8-18(16)19/h11,14,16-18H,3-10,12H2,1-2H3/t14-,16+,17+,18+,19+,20-/m1/s1. The zero-order chi connectivity index (χ0) is 16.9. The summed E-state index contributed by atoms with van der Waals surface area (Å²) >= 11 is 0. The Morgan fingerprint density at radius 1 is 1.17 bits per heavy atom. The second kappa shape index (κ2) is 5.62. The monoisotopic (exact) mass is 327 g/mol. The van der Waals surface area contributed by atoms with Crippen molar-refractivity contribution in [1.29, 1.82) is 0 Å². The van der Waals surface area contributed by atoms with Gasteiger partial charge in [-0.05, 0) is 91.1 Å². The molecule has 3 saturated carbocycles. The number of ketones is 1. The van der Waals surface area contributed by atoms with E-state index in [-0.39, 0.29) is 5.41 Å². The molecule has 0 saturated heterocycles. The third kappa shape index (κ3) is 2.19. The van der Waals surface area contributed by atoms with E-state index in [9.17, 15) is 4.79 Å². The molecule has 0 spiro atoms. The normalized spacial score (nSPS) is 47.1. The largest absolute Gasteiger partial charge is 0.295 e. The number of nitrogens with zero attached hydrogens (tertiary/aromatic N) is 3. The second-order valence-electron chi connectivity index (χ2n) is 9.20. The Hall–Kier alpha value is -1.28. The van der Waals surface area contributed by atoms with Gasteiger partial charge < -0.3 is 0 Å². The lowest BCUT2D eigenvalue weighted by Gasteiger charge is -2.58. The van der Waals surface area contributed by atoms with Crippen LogP contribution in [-0.4, -0.2) is 12.3 Å². The van der Waals surface area contributed by atoms with Gasteiger partial charge >= 0.3 is 0 Å². The van der Waals surface area contributed by atoms with Gasteiger partial charge in [0.1, 0.15) is 0 Å². The topological polar surface area (TPSA) is 65.8 Å². The van der Waals surface area contributed by atoms with Crippen molar-refractivity contribution in [3.63, 3.8) is 0 Å². The first-order valence-electron chi connectivity index (χ1n) is 9.74. The van der Waals surface area contributed by atoms with Crippen LogP contribution in [0, 0.1) is 34.5 Å². The molecule has 4 rings (SSSR count). The molecule has 4 heteroatoms. The van der Waals surface area contributed by atoms with Crippen LogP contribution in [0.3, 0.4) is 0 Å². The first kappa shape index (κ1) is 16.2. The zero-order valence-electron chi connectivity index (χ0n) is 15.0. The summed E-state index contributed by atoms with van der Waals surface area (Å²) in [7, 11) is 0. The molecule has 0 aromatic rings. The van der Waals surface area contributed by atoms with E-state index in [0.29, 0.717) is 23.7 Å². The molecule has 4 aliphatic rings. The maximum Gasteiger partial charge on any atom is 0.155 e. The van der Waals surface area contributed by atoms with E-state index in [0.717, 1.165) is 37.0 Å². The van der Waals surface area contributed by atoms with Crippen LogP contribution < -0.4 is 0 Å². The van der Waals surface area contributed by atoms with Crippen molar-refractivity contribution in [1.82, 2.24) is 0 Å². The highest BCUT2D eigenvalue weighted by Crippen LogP contribution is 2.66. The van der Waals surface area contributed by atoms with Crippen LogP contribution in [0.4, 0.5) is 0 Å². The molecule has 3 fully saturated rings. The molecule has 6 atom stereocenters. The van der Waals surface area contributed by atoms with Crippen LogP contribution in [0.25, 0.3) is 10.4 Å². The van der Waals surface area contributed by atoms with Gasteiger partial charge in [-0.25, -0.2) is 0 Å². The van der Waals surface area contributed by atoms with Crippen molar-refractivity contribution in [2.24, 2.45) is 39.6 Å². The van der Waals surface area contributed by atoms with Crippen LogP contribution in [0.2, 0.25) is 0 Å². The van der Waals surface area contributed by atoms with E-state index in [1.807, 2.05) is 6.08 Å². The Balaban J connectivity index is 1.62. The fourth-order valence-electron chi connectivity index (χ4n) is 7.10. The highest BCUT2D eigenvalue weighted by Gasteiger charge is 2.58. The van der Waals surface area contributed by atoms with E-state index >= 15 is 0 Å². The van der Waals surface area contributed by atoms with Crippen molar-refractivity contribution in [2.75, 3.05) is 6.54 Å². The first-order valence-corrected chi connectivity index (χ1v) is 9.74. The first-order chi connectivity index (χ1) is 11.5. The van der Waals surface area contributed by atoms with Crippen molar-refractivity contribution in [3.8, 4) is 0 Å². The summed E-state index contributed by atoms with van der Waals surface area (Å²) in [5, 5.41) is 3.92. The minimum absolute atomic E-state index is 0.265. The number of rotatable bonds is 2. The minimum atomic E-state index is 0.265. The number of carbonyl (C=O) groups excluding carboxylic acids is 1. The van der Waals surface area contributed by atoms with Crippen LogP contribution in [-0.2, 0) is 4.79 Å². The lowest BCUT2D eigenvalue weighted by molar-refractivity contribution is -0.117. The summed E-state index contributed by atoms with van der Waals surface area (Å²) in [5.41, 5.74) is 10.8. The van der Waals surface area contributed by atoms with Gasteiger partial charge in [0.25, 0.3) is 0 Å². The molecule has 0 aliphatic heterocycles. The number of hydrogen-bond donors (Lipinski definition) is 0. The van der Waals surface area contributed by atoms with Gasteiger partial charge in [-0.3, -0.25) is 4.79 Å². The fraction of sp³-hybridized carbons (Fsp3) is 0.850. The smallest absolute Gasteiger partial charge is 0.155 e. The molecule has 0 N–H and O–H groups in total. The van der Waals surface area contributed by atoms with Crippen LogP contribution in [0.1, 0.15) is 65.2 Å². The molecule has 0 aromatic carbocycles. The molecule has 4 aliphatic carbocycles. The van der Waals surface area contributed by atoms with E-state index in [1.54, 1.807) is 0 Å². The average molecular weight is 327 g/mol. The molecule has 0 unspecified atom stereocenters.